The molecule has 0 aromatic carbocycles. The van der Waals surface area contributed by atoms with E-state index < -0.39 is 0 Å². The van der Waals surface area contributed by atoms with Crippen molar-refractivity contribution in [2.45, 2.75) is 56.6 Å². The van der Waals surface area contributed by atoms with Crippen LogP contribution in [0.1, 0.15) is 62.2 Å². The molecule has 1 unspecified atom stereocenters. The van der Waals surface area contributed by atoms with E-state index in [1.54, 1.807) is 0 Å². The van der Waals surface area contributed by atoms with E-state index in [0.29, 0.717) is 5.92 Å². The standard InChI is InChI=1S/C16H25N3OS/c1-3-20-14(11-7-5-4-6-8-11)16-18-13-10-21-9-12(13)15(17-2)19-16/h11,14H,3-10H2,1-2H3,(H,17,18,19). The number of nitrogens with zero attached hydrogens (tertiary/aromatic N) is 2. The van der Waals surface area contributed by atoms with Crippen LogP contribution in [0.15, 0.2) is 0 Å². The molecular formula is C16H25N3OS. The smallest absolute Gasteiger partial charge is 0.160 e. The normalized spacial score (nSPS) is 20.3. The second-order valence-corrected chi connectivity index (χ2v) is 6.86. The van der Waals surface area contributed by atoms with Crippen molar-refractivity contribution < 1.29 is 4.74 Å². The summed E-state index contributed by atoms with van der Waals surface area (Å²) in [5.41, 5.74) is 2.49. The predicted octanol–water partition coefficient (Wildman–Crippen LogP) is 3.92. The number of thioether (sulfide) groups is 1. The van der Waals surface area contributed by atoms with Crippen LogP contribution < -0.4 is 5.32 Å². The van der Waals surface area contributed by atoms with Crippen molar-refractivity contribution in [3.8, 4) is 0 Å². The van der Waals surface area contributed by atoms with Gasteiger partial charge in [0.25, 0.3) is 0 Å². The van der Waals surface area contributed by atoms with Gasteiger partial charge in [0.2, 0.25) is 0 Å². The number of hydrogen-bond donors (Lipinski definition) is 1. The van der Waals surface area contributed by atoms with E-state index >= 15 is 0 Å². The fourth-order valence-corrected chi connectivity index (χ4v) is 4.48. The number of anilines is 1. The Hall–Kier alpha value is -0.810. The molecule has 116 valence electrons. The lowest BCUT2D eigenvalue weighted by Crippen LogP contribution is -2.22. The summed E-state index contributed by atoms with van der Waals surface area (Å²) < 4.78 is 6.07. The topological polar surface area (TPSA) is 47.0 Å². The Morgan fingerprint density at radius 1 is 1.24 bits per heavy atom. The molecule has 2 aliphatic rings. The average Bonchev–Trinajstić information content (AvgIpc) is 3.01. The van der Waals surface area contributed by atoms with Gasteiger partial charge in [0.15, 0.2) is 5.82 Å². The van der Waals surface area contributed by atoms with Crippen molar-refractivity contribution in [3.63, 3.8) is 0 Å². The summed E-state index contributed by atoms with van der Waals surface area (Å²) in [4.78, 5) is 9.66. The molecule has 0 bridgehead atoms. The fourth-order valence-electron chi connectivity index (χ4n) is 3.44. The molecule has 1 fully saturated rings. The van der Waals surface area contributed by atoms with E-state index in [2.05, 4.69) is 12.2 Å². The first kappa shape index (κ1) is 15.1. The molecule has 2 heterocycles. The van der Waals surface area contributed by atoms with Gasteiger partial charge in [0.05, 0.1) is 5.69 Å². The highest BCUT2D eigenvalue weighted by atomic mass is 32.2. The molecule has 21 heavy (non-hydrogen) atoms. The number of rotatable bonds is 5. The third-order valence-corrected chi connectivity index (χ3v) is 5.48. The van der Waals surface area contributed by atoms with Crippen LogP contribution in [0.3, 0.4) is 0 Å². The van der Waals surface area contributed by atoms with Crippen molar-refractivity contribution in [1.82, 2.24) is 9.97 Å². The summed E-state index contributed by atoms with van der Waals surface area (Å²) in [6.45, 7) is 2.79. The first-order valence-corrected chi connectivity index (χ1v) is 9.25. The van der Waals surface area contributed by atoms with E-state index in [-0.39, 0.29) is 6.10 Å². The lowest BCUT2D eigenvalue weighted by atomic mass is 9.85. The van der Waals surface area contributed by atoms with Gasteiger partial charge >= 0.3 is 0 Å². The van der Waals surface area contributed by atoms with Crippen molar-refractivity contribution in [1.29, 1.82) is 0 Å². The molecule has 1 aromatic rings. The Kier molecular flexibility index (Phi) is 5.01. The summed E-state index contributed by atoms with van der Waals surface area (Å²) in [6.07, 6.45) is 6.54. The molecule has 0 spiro atoms. The van der Waals surface area contributed by atoms with Crippen LogP contribution in [0.2, 0.25) is 0 Å². The van der Waals surface area contributed by atoms with E-state index in [1.165, 1.54) is 43.4 Å². The maximum atomic E-state index is 6.07. The van der Waals surface area contributed by atoms with Crippen molar-refractivity contribution in [2.24, 2.45) is 5.92 Å². The van der Waals surface area contributed by atoms with E-state index in [9.17, 15) is 0 Å². The number of fused-ring (bicyclic) bond motifs is 1. The number of hydrogen-bond acceptors (Lipinski definition) is 5. The molecule has 3 rings (SSSR count). The van der Waals surface area contributed by atoms with Gasteiger partial charge in [-0.1, -0.05) is 19.3 Å². The van der Waals surface area contributed by atoms with E-state index in [1.807, 2.05) is 18.8 Å². The molecular weight excluding hydrogens is 282 g/mol. The SMILES string of the molecule is CCOC(c1nc2c(c(NC)n1)CSC2)C1CCCCC1. The maximum absolute atomic E-state index is 6.07. The molecule has 1 saturated carbocycles. The third-order valence-electron chi connectivity index (χ3n) is 4.51. The summed E-state index contributed by atoms with van der Waals surface area (Å²) in [6, 6.07) is 0. The molecule has 1 aliphatic carbocycles. The molecule has 0 radical (unpaired) electrons. The van der Waals surface area contributed by atoms with Crippen LogP contribution in [0.4, 0.5) is 5.82 Å². The lowest BCUT2D eigenvalue weighted by Gasteiger charge is -2.29. The number of nitrogens with one attached hydrogen (secondary N) is 1. The molecule has 0 saturated heterocycles. The van der Waals surface area contributed by atoms with Gasteiger partial charge in [-0.05, 0) is 25.7 Å². The quantitative estimate of drug-likeness (QED) is 0.893. The van der Waals surface area contributed by atoms with Crippen LogP contribution in [0.25, 0.3) is 0 Å². The zero-order valence-electron chi connectivity index (χ0n) is 13.0. The van der Waals surface area contributed by atoms with E-state index in [4.69, 9.17) is 14.7 Å². The minimum atomic E-state index is 0.0679. The van der Waals surface area contributed by atoms with Gasteiger partial charge in [0, 0.05) is 30.7 Å². The second kappa shape index (κ2) is 6.97. The van der Waals surface area contributed by atoms with E-state index in [0.717, 1.165) is 29.8 Å². The minimum Gasteiger partial charge on any atom is -0.373 e. The van der Waals surface area contributed by atoms with Crippen LogP contribution in [0, 0.1) is 5.92 Å². The molecule has 1 aromatic heterocycles. The maximum Gasteiger partial charge on any atom is 0.160 e. The molecule has 4 nitrogen and oxygen atoms in total. The van der Waals surface area contributed by atoms with Crippen LogP contribution in [-0.4, -0.2) is 23.6 Å². The Morgan fingerprint density at radius 2 is 2.05 bits per heavy atom. The van der Waals surface area contributed by atoms with Crippen LogP contribution in [0.5, 0.6) is 0 Å². The van der Waals surface area contributed by atoms with Crippen molar-refractivity contribution >= 4 is 17.6 Å². The van der Waals surface area contributed by atoms with Gasteiger partial charge in [-0.15, -0.1) is 0 Å². The summed E-state index contributed by atoms with van der Waals surface area (Å²) in [5, 5.41) is 3.25. The Bertz CT molecular complexity index is 489. The summed E-state index contributed by atoms with van der Waals surface area (Å²) in [5.74, 6) is 4.50. The highest BCUT2D eigenvalue weighted by Gasteiger charge is 2.30. The molecule has 1 atom stereocenters. The predicted molar refractivity (Wildman–Crippen MR) is 87.5 cm³/mol. The Morgan fingerprint density at radius 3 is 2.76 bits per heavy atom. The lowest BCUT2D eigenvalue weighted by molar-refractivity contribution is -0.000211. The van der Waals surface area contributed by atoms with Gasteiger partial charge in [0.1, 0.15) is 11.9 Å². The number of aromatic nitrogens is 2. The largest absolute Gasteiger partial charge is 0.373 e. The Labute approximate surface area is 131 Å². The summed E-state index contributed by atoms with van der Waals surface area (Å²) >= 11 is 1.92. The van der Waals surface area contributed by atoms with Crippen molar-refractivity contribution in [3.05, 3.63) is 17.1 Å². The molecule has 1 N–H and O–H groups in total. The van der Waals surface area contributed by atoms with Crippen LogP contribution >= 0.6 is 11.8 Å². The first-order chi connectivity index (χ1) is 10.3. The average molecular weight is 307 g/mol. The second-order valence-electron chi connectivity index (χ2n) is 5.87. The van der Waals surface area contributed by atoms with Gasteiger partial charge in [-0.25, -0.2) is 9.97 Å². The first-order valence-electron chi connectivity index (χ1n) is 8.10. The van der Waals surface area contributed by atoms with Crippen molar-refractivity contribution in [2.75, 3.05) is 19.0 Å². The summed E-state index contributed by atoms with van der Waals surface area (Å²) in [7, 11) is 1.95. The highest BCUT2D eigenvalue weighted by molar-refractivity contribution is 7.98. The Balaban J connectivity index is 1.91. The molecule has 1 aliphatic heterocycles. The number of ether oxygens (including phenoxy) is 1. The zero-order chi connectivity index (χ0) is 14.7. The van der Waals surface area contributed by atoms with Gasteiger partial charge in [-0.3, -0.25) is 0 Å². The minimum absolute atomic E-state index is 0.0679. The molecule has 5 heteroatoms. The third kappa shape index (κ3) is 3.19. The van der Waals surface area contributed by atoms with Gasteiger partial charge in [-0.2, -0.15) is 11.8 Å². The zero-order valence-corrected chi connectivity index (χ0v) is 13.8. The molecule has 0 amide bonds. The van der Waals surface area contributed by atoms with Gasteiger partial charge < -0.3 is 10.1 Å². The highest BCUT2D eigenvalue weighted by Crippen LogP contribution is 2.38. The van der Waals surface area contributed by atoms with Crippen LogP contribution in [-0.2, 0) is 16.2 Å². The monoisotopic (exact) mass is 307 g/mol. The fraction of sp³-hybridized carbons (Fsp3) is 0.750.